The van der Waals surface area contributed by atoms with Crippen molar-refractivity contribution in [3.63, 3.8) is 0 Å². The molecule has 0 unspecified atom stereocenters. The quantitative estimate of drug-likeness (QED) is 0.502. The Morgan fingerprint density at radius 1 is 1.26 bits per heavy atom. The van der Waals surface area contributed by atoms with Gasteiger partial charge in [-0.2, -0.15) is 0 Å². The van der Waals surface area contributed by atoms with Gasteiger partial charge in [0.2, 0.25) is 0 Å². The van der Waals surface area contributed by atoms with Gasteiger partial charge in [0.1, 0.15) is 11.5 Å². The summed E-state index contributed by atoms with van der Waals surface area (Å²) in [6.45, 7) is 0.333. The monoisotopic (exact) mass is 372 g/mol. The van der Waals surface area contributed by atoms with Gasteiger partial charge in [0.25, 0.3) is 5.69 Å². The zero-order valence-corrected chi connectivity index (χ0v) is 11.9. The Hall–Kier alpha value is -1.70. The van der Waals surface area contributed by atoms with E-state index in [9.17, 15) is 14.5 Å². The normalized spacial score (nSPS) is 10.2. The van der Waals surface area contributed by atoms with E-state index in [2.05, 4.69) is 5.32 Å². The molecule has 0 amide bonds. The summed E-state index contributed by atoms with van der Waals surface area (Å²) in [6, 6.07) is 11.0. The lowest BCUT2D eigenvalue weighted by Crippen LogP contribution is -2.03. The van der Waals surface area contributed by atoms with Crippen molar-refractivity contribution in [3.05, 3.63) is 67.5 Å². The van der Waals surface area contributed by atoms with E-state index in [1.165, 1.54) is 18.2 Å². The molecule has 0 heterocycles. The molecule has 0 radical (unpaired) electrons. The van der Waals surface area contributed by atoms with E-state index >= 15 is 0 Å². The Bertz CT molecular complexity index is 619. The number of benzene rings is 2. The molecule has 4 nitrogen and oxygen atoms in total. The maximum Gasteiger partial charge on any atom is 0.293 e. The molecular formula is C13H10FIN2O2. The summed E-state index contributed by atoms with van der Waals surface area (Å²) in [4.78, 5) is 10.5. The highest BCUT2D eigenvalue weighted by Crippen LogP contribution is 2.26. The Kier molecular flexibility index (Phi) is 4.31. The molecule has 2 aromatic carbocycles. The van der Waals surface area contributed by atoms with Crippen molar-refractivity contribution in [1.82, 2.24) is 0 Å². The van der Waals surface area contributed by atoms with Crippen molar-refractivity contribution < 1.29 is 9.31 Å². The fourth-order valence-corrected chi connectivity index (χ4v) is 2.12. The van der Waals surface area contributed by atoms with Crippen LogP contribution in [0.2, 0.25) is 0 Å². The molecule has 1 N–H and O–H groups in total. The van der Waals surface area contributed by atoms with E-state index in [1.54, 1.807) is 24.3 Å². The van der Waals surface area contributed by atoms with Crippen LogP contribution in [0, 0.1) is 19.5 Å². The minimum atomic E-state index is -0.434. The van der Waals surface area contributed by atoms with Crippen molar-refractivity contribution in [2.24, 2.45) is 0 Å². The lowest BCUT2D eigenvalue weighted by molar-refractivity contribution is -0.384. The van der Waals surface area contributed by atoms with Gasteiger partial charge in [0.05, 0.1) is 4.92 Å². The number of anilines is 1. The van der Waals surface area contributed by atoms with Crippen molar-refractivity contribution in [2.45, 2.75) is 6.54 Å². The van der Waals surface area contributed by atoms with Crippen LogP contribution in [-0.4, -0.2) is 4.92 Å². The van der Waals surface area contributed by atoms with Crippen LogP contribution in [-0.2, 0) is 6.54 Å². The van der Waals surface area contributed by atoms with E-state index < -0.39 is 4.92 Å². The van der Waals surface area contributed by atoms with Gasteiger partial charge in [-0.15, -0.1) is 0 Å². The largest absolute Gasteiger partial charge is 0.375 e. The predicted molar refractivity (Wildman–Crippen MR) is 79.5 cm³/mol. The molecule has 0 atom stereocenters. The van der Waals surface area contributed by atoms with E-state index in [0.717, 1.165) is 9.13 Å². The van der Waals surface area contributed by atoms with Crippen molar-refractivity contribution >= 4 is 34.0 Å². The van der Waals surface area contributed by atoms with Crippen molar-refractivity contribution in [3.8, 4) is 0 Å². The lowest BCUT2D eigenvalue weighted by Gasteiger charge is -2.07. The summed E-state index contributed by atoms with van der Waals surface area (Å²) in [5.41, 5.74) is 1.17. The summed E-state index contributed by atoms with van der Waals surface area (Å²) < 4.78 is 13.8. The molecule has 0 aliphatic carbocycles. The molecule has 0 spiro atoms. The summed E-state index contributed by atoms with van der Waals surface area (Å²) in [5.74, 6) is -0.323. The first-order chi connectivity index (χ1) is 9.06. The number of rotatable bonds is 4. The maximum atomic E-state index is 13.0. The highest BCUT2D eigenvalue weighted by Gasteiger charge is 2.13. The minimum Gasteiger partial charge on any atom is -0.375 e. The smallest absolute Gasteiger partial charge is 0.293 e. The van der Waals surface area contributed by atoms with Crippen LogP contribution in [0.4, 0.5) is 15.8 Å². The van der Waals surface area contributed by atoms with Crippen LogP contribution in [0.15, 0.2) is 42.5 Å². The second-order valence-corrected chi connectivity index (χ2v) is 5.15. The average molecular weight is 372 g/mol. The zero-order chi connectivity index (χ0) is 13.8. The van der Waals surface area contributed by atoms with Gasteiger partial charge in [-0.05, 0) is 52.4 Å². The number of hydrogen-bond acceptors (Lipinski definition) is 3. The van der Waals surface area contributed by atoms with Gasteiger partial charge in [-0.3, -0.25) is 10.1 Å². The van der Waals surface area contributed by atoms with Gasteiger partial charge in [0, 0.05) is 16.2 Å². The minimum absolute atomic E-state index is 0.0169. The van der Waals surface area contributed by atoms with Gasteiger partial charge in [-0.1, -0.05) is 12.1 Å². The second-order valence-electron chi connectivity index (χ2n) is 3.90. The molecule has 2 aromatic rings. The van der Waals surface area contributed by atoms with Crippen LogP contribution in [0.25, 0.3) is 0 Å². The predicted octanol–water partition coefficient (Wildman–Crippen LogP) is 3.95. The third-order valence-electron chi connectivity index (χ3n) is 2.53. The molecule has 0 saturated heterocycles. The zero-order valence-electron chi connectivity index (χ0n) is 9.77. The summed E-state index contributed by atoms with van der Waals surface area (Å²) >= 11 is 2.02. The number of nitro benzene ring substituents is 1. The lowest BCUT2D eigenvalue weighted by atomic mass is 10.2. The summed E-state index contributed by atoms with van der Waals surface area (Å²) in [5, 5.41) is 13.9. The number of nitrogens with one attached hydrogen (secondary N) is 1. The van der Waals surface area contributed by atoms with Crippen molar-refractivity contribution in [2.75, 3.05) is 5.32 Å². The van der Waals surface area contributed by atoms with Crippen LogP contribution in [0.5, 0.6) is 0 Å². The van der Waals surface area contributed by atoms with Crippen molar-refractivity contribution in [1.29, 1.82) is 0 Å². The molecule has 2 rings (SSSR count). The summed E-state index contributed by atoms with van der Waals surface area (Å²) in [6.07, 6.45) is 0. The van der Waals surface area contributed by atoms with Crippen LogP contribution >= 0.6 is 22.6 Å². The molecule has 0 aliphatic heterocycles. The Morgan fingerprint density at radius 3 is 2.74 bits per heavy atom. The molecule has 0 saturated carbocycles. The SMILES string of the molecule is O=[N+]([O-])c1cc(I)ccc1NCc1cccc(F)c1. The maximum absolute atomic E-state index is 13.0. The van der Waals surface area contributed by atoms with Crippen LogP contribution in [0.3, 0.4) is 0 Å². The molecule has 19 heavy (non-hydrogen) atoms. The fourth-order valence-electron chi connectivity index (χ4n) is 1.65. The second kappa shape index (κ2) is 5.96. The van der Waals surface area contributed by atoms with Gasteiger partial charge in [0.15, 0.2) is 0 Å². The summed E-state index contributed by atoms with van der Waals surface area (Å²) in [7, 11) is 0. The van der Waals surface area contributed by atoms with Gasteiger partial charge < -0.3 is 5.32 Å². The number of hydrogen-bond donors (Lipinski definition) is 1. The number of nitrogens with zero attached hydrogens (tertiary/aromatic N) is 1. The van der Waals surface area contributed by atoms with E-state index in [1.807, 2.05) is 22.6 Å². The Labute approximate surface area is 122 Å². The topological polar surface area (TPSA) is 55.2 Å². The van der Waals surface area contributed by atoms with Crippen LogP contribution in [0.1, 0.15) is 5.56 Å². The molecule has 6 heteroatoms. The van der Waals surface area contributed by atoms with Gasteiger partial charge >= 0.3 is 0 Å². The van der Waals surface area contributed by atoms with Gasteiger partial charge in [-0.25, -0.2) is 4.39 Å². The molecule has 0 bridgehead atoms. The third kappa shape index (κ3) is 3.63. The fraction of sp³-hybridized carbons (Fsp3) is 0.0769. The Morgan fingerprint density at radius 2 is 2.05 bits per heavy atom. The first-order valence-electron chi connectivity index (χ1n) is 5.48. The average Bonchev–Trinajstić information content (AvgIpc) is 2.37. The molecule has 0 aromatic heterocycles. The van der Waals surface area contributed by atoms with E-state index in [-0.39, 0.29) is 11.5 Å². The Balaban J connectivity index is 2.17. The highest BCUT2D eigenvalue weighted by molar-refractivity contribution is 14.1. The molecule has 0 fully saturated rings. The molecule has 0 aliphatic rings. The van der Waals surface area contributed by atoms with E-state index in [4.69, 9.17) is 0 Å². The van der Waals surface area contributed by atoms with Crippen LogP contribution < -0.4 is 5.32 Å². The number of nitro groups is 1. The van der Waals surface area contributed by atoms with E-state index in [0.29, 0.717) is 12.2 Å². The first kappa shape index (κ1) is 13.7. The first-order valence-corrected chi connectivity index (χ1v) is 6.56. The third-order valence-corrected chi connectivity index (χ3v) is 3.20. The molecular weight excluding hydrogens is 362 g/mol. The number of halogens is 2. The standard InChI is InChI=1S/C13H10FIN2O2/c14-10-3-1-2-9(6-10)8-16-12-5-4-11(15)7-13(12)17(18)19/h1-7,16H,8H2. The highest BCUT2D eigenvalue weighted by atomic mass is 127. The molecule has 98 valence electrons.